The number of nitrogens with one attached hydrogen (secondary N) is 1. The maximum atomic E-state index is 11.5. The Morgan fingerprint density at radius 1 is 1.40 bits per heavy atom. The third-order valence-corrected chi connectivity index (χ3v) is 2.60. The first kappa shape index (κ1) is 9.77. The fourth-order valence-electron chi connectivity index (χ4n) is 1.88. The smallest absolute Gasteiger partial charge is 0.338 e. The minimum atomic E-state index is -0.269. The van der Waals surface area contributed by atoms with Crippen LogP contribution < -0.4 is 0 Å². The number of H-pyrrole nitrogens is 1. The van der Waals surface area contributed by atoms with E-state index in [9.17, 15) is 4.79 Å². The molecule has 0 saturated heterocycles. The lowest BCUT2D eigenvalue weighted by atomic mass is 10.0. The summed E-state index contributed by atoms with van der Waals surface area (Å²) in [6.45, 7) is 2.04. The van der Waals surface area contributed by atoms with E-state index in [1.807, 2.05) is 31.3 Å². The van der Waals surface area contributed by atoms with E-state index < -0.39 is 0 Å². The van der Waals surface area contributed by atoms with Gasteiger partial charge in [-0.15, -0.1) is 0 Å². The van der Waals surface area contributed by atoms with Gasteiger partial charge in [0.15, 0.2) is 0 Å². The minimum absolute atomic E-state index is 0.269. The molecule has 3 heteroatoms. The van der Waals surface area contributed by atoms with Crippen molar-refractivity contribution in [2.24, 2.45) is 0 Å². The van der Waals surface area contributed by atoms with Crippen LogP contribution in [0.25, 0.3) is 10.9 Å². The summed E-state index contributed by atoms with van der Waals surface area (Å²) in [6, 6.07) is 5.70. The maximum absolute atomic E-state index is 11.5. The first-order chi connectivity index (χ1) is 7.27. The topological polar surface area (TPSA) is 42.1 Å². The quantitative estimate of drug-likeness (QED) is 0.762. The van der Waals surface area contributed by atoms with Gasteiger partial charge in [-0.2, -0.15) is 0 Å². The highest BCUT2D eigenvalue weighted by atomic mass is 16.5. The van der Waals surface area contributed by atoms with Gasteiger partial charge in [0.2, 0.25) is 0 Å². The van der Waals surface area contributed by atoms with Crippen molar-refractivity contribution < 1.29 is 9.53 Å². The molecule has 0 aliphatic heterocycles. The second-order valence-corrected chi connectivity index (χ2v) is 3.38. The number of aryl methyl sites for hydroxylation is 1. The Morgan fingerprint density at radius 2 is 2.20 bits per heavy atom. The lowest BCUT2D eigenvalue weighted by Gasteiger charge is -2.06. The van der Waals surface area contributed by atoms with Gasteiger partial charge < -0.3 is 9.72 Å². The molecule has 78 valence electrons. The number of hydrogen-bond donors (Lipinski definition) is 1. The van der Waals surface area contributed by atoms with Gasteiger partial charge in [-0.05, 0) is 30.2 Å². The largest absolute Gasteiger partial charge is 0.465 e. The molecule has 0 aliphatic rings. The van der Waals surface area contributed by atoms with Gasteiger partial charge in [-0.25, -0.2) is 4.79 Å². The molecule has 0 saturated carbocycles. The summed E-state index contributed by atoms with van der Waals surface area (Å²) >= 11 is 0. The molecule has 1 aromatic heterocycles. The van der Waals surface area contributed by atoms with Gasteiger partial charge >= 0.3 is 5.97 Å². The number of hydrogen-bond acceptors (Lipinski definition) is 2. The van der Waals surface area contributed by atoms with Crippen molar-refractivity contribution in [1.82, 2.24) is 4.98 Å². The lowest BCUT2D eigenvalue weighted by Crippen LogP contribution is -2.05. The predicted molar refractivity (Wildman–Crippen MR) is 59.0 cm³/mol. The normalized spacial score (nSPS) is 10.5. The van der Waals surface area contributed by atoms with E-state index in [2.05, 4.69) is 4.98 Å². The average Bonchev–Trinajstić information content (AvgIpc) is 2.74. The molecule has 1 aromatic carbocycles. The van der Waals surface area contributed by atoms with E-state index in [1.165, 1.54) is 7.11 Å². The summed E-state index contributed by atoms with van der Waals surface area (Å²) in [5.41, 5.74) is 2.76. The van der Waals surface area contributed by atoms with Crippen LogP contribution in [-0.4, -0.2) is 18.1 Å². The van der Waals surface area contributed by atoms with Crippen LogP contribution in [-0.2, 0) is 11.2 Å². The number of carbonyl (C=O) groups is 1. The van der Waals surface area contributed by atoms with E-state index in [1.54, 1.807) is 0 Å². The molecule has 2 aromatic rings. The molecule has 0 spiro atoms. The lowest BCUT2D eigenvalue weighted by molar-refractivity contribution is 0.0600. The Bertz CT molecular complexity index is 499. The van der Waals surface area contributed by atoms with Crippen molar-refractivity contribution in [2.45, 2.75) is 13.3 Å². The molecule has 0 unspecified atom stereocenters. The highest BCUT2D eigenvalue weighted by molar-refractivity contribution is 5.97. The van der Waals surface area contributed by atoms with Crippen LogP contribution in [0, 0.1) is 0 Å². The van der Waals surface area contributed by atoms with Crippen LogP contribution >= 0.6 is 0 Å². The molecule has 1 heterocycles. The Hall–Kier alpha value is -1.77. The number of methoxy groups -OCH3 is 1. The second-order valence-electron chi connectivity index (χ2n) is 3.38. The SMILES string of the molecule is CCc1c(C(=O)OC)ccc2[nH]ccc12. The third-order valence-electron chi connectivity index (χ3n) is 2.60. The summed E-state index contributed by atoms with van der Waals surface area (Å²) in [5, 5.41) is 1.10. The van der Waals surface area contributed by atoms with E-state index in [0.717, 1.165) is 22.9 Å². The van der Waals surface area contributed by atoms with E-state index in [0.29, 0.717) is 5.56 Å². The Labute approximate surface area is 88.1 Å². The zero-order valence-electron chi connectivity index (χ0n) is 8.83. The molecule has 15 heavy (non-hydrogen) atoms. The Morgan fingerprint density at radius 3 is 2.87 bits per heavy atom. The zero-order chi connectivity index (χ0) is 10.8. The summed E-state index contributed by atoms with van der Waals surface area (Å²) in [5.74, 6) is -0.269. The van der Waals surface area contributed by atoms with E-state index >= 15 is 0 Å². The molecule has 1 N–H and O–H groups in total. The van der Waals surface area contributed by atoms with Crippen molar-refractivity contribution in [2.75, 3.05) is 7.11 Å². The molecule has 0 bridgehead atoms. The molecule has 0 aliphatic carbocycles. The van der Waals surface area contributed by atoms with Crippen molar-refractivity contribution in [3.8, 4) is 0 Å². The summed E-state index contributed by atoms with van der Waals surface area (Å²) in [7, 11) is 1.41. The number of aromatic nitrogens is 1. The second kappa shape index (κ2) is 3.77. The van der Waals surface area contributed by atoms with E-state index in [-0.39, 0.29) is 5.97 Å². The number of rotatable bonds is 2. The van der Waals surface area contributed by atoms with Crippen LogP contribution in [0.2, 0.25) is 0 Å². The fraction of sp³-hybridized carbons (Fsp3) is 0.250. The van der Waals surface area contributed by atoms with Crippen LogP contribution in [0.15, 0.2) is 24.4 Å². The molecule has 0 fully saturated rings. The number of aromatic amines is 1. The van der Waals surface area contributed by atoms with Crippen LogP contribution in [0.5, 0.6) is 0 Å². The predicted octanol–water partition coefficient (Wildman–Crippen LogP) is 2.52. The standard InChI is InChI=1S/C12H13NO2/c1-3-8-9-6-7-13-11(9)5-4-10(8)12(14)15-2/h4-7,13H,3H2,1-2H3. The van der Waals surface area contributed by atoms with Crippen molar-refractivity contribution in [3.63, 3.8) is 0 Å². The number of carbonyl (C=O) groups excluding carboxylic acids is 1. The van der Waals surface area contributed by atoms with E-state index in [4.69, 9.17) is 4.74 Å². The number of esters is 1. The van der Waals surface area contributed by atoms with Crippen LogP contribution in [0.1, 0.15) is 22.8 Å². The van der Waals surface area contributed by atoms with Crippen molar-refractivity contribution in [3.05, 3.63) is 35.5 Å². The molecular weight excluding hydrogens is 190 g/mol. The summed E-state index contributed by atoms with van der Waals surface area (Å²) in [6.07, 6.45) is 2.70. The molecule has 3 nitrogen and oxygen atoms in total. The van der Waals surface area contributed by atoms with Gasteiger partial charge in [-0.1, -0.05) is 6.92 Å². The first-order valence-electron chi connectivity index (χ1n) is 4.95. The Balaban J connectivity index is 2.69. The van der Waals surface area contributed by atoms with Gasteiger partial charge in [0.25, 0.3) is 0 Å². The molecular formula is C12H13NO2. The average molecular weight is 203 g/mol. The van der Waals surface area contributed by atoms with Crippen LogP contribution in [0.4, 0.5) is 0 Å². The Kier molecular flexibility index (Phi) is 2.46. The molecule has 2 rings (SSSR count). The summed E-state index contributed by atoms with van der Waals surface area (Å²) < 4.78 is 4.76. The van der Waals surface area contributed by atoms with Gasteiger partial charge in [-0.3, -0.25) is 0 Å². The highest BCUT2D eigenvalue weighted by Gasteiger charge is 2.13. The van der Waals surface area contributed by atoms with Crippen molar-refractivity contribution in [1.29, 1.82) is 0 Å². The molecule has 0 atom stereocenters. The summed E-state index contributed by atoms with van der Waals surface area (Å²) in [4.78, 5) is 14.7. The molecule has 0 radical (unpaired) electrons. The number of ether oxygens (including phenoxy) is 1. The van der Waals surface area contributed by atoms with Gasteiger partial charge in [0.1, 0.15) is 0 Å². The van der Waals surface area contributed by atoms with Crippen LogP contribution in [0.3, 0.4) is 0 Å². The van der Waals surface area contributed by atoms with Crippen molar-refractivity contribution >= 4 is 16.9 Å². The minimum Gasteiger partial charge on any atom is -0.465 e. The monoisotopic (exact) mass is 203 g/mol. The fourth-order valence-corrected chi connectivity index (χ4v) is 1.88. The highest BCUT2D eigenvalue weighted by Crippen LogP contribution is 2.22. The number of fused-ring (bicyclic) bond motifs is 1. The molecule has 0 amide bonds. The van der Waals surface area contributed by atoms with Gasteiger partial charge in [0.05, 0.1) is 12.7 Å². The zero-order valence-corrected chi connectivity index (χ0v) is 8.83. The van der Waals surface area contributed by atoms with Gasteiger partial charge in [0, 0.05) is 17.1 Å². The number of benzene rings is 1. The third kappa shape index (κ3) is 1.50. The first-order valence-corrected chi connectivity index (χ1v) is 4.95. The maximum Gasteiger partial charge on any atom is 0.338 e.